The molecule has 1 atom stereocenters. The van der Waals surface area contributed by atoms with E-state index in [0.717, 1.165) is 16.7 Å². The van der Waals surface area contributed by atoms with E-state index < -0.39 is 16.1 Å². The molecule has 2 aromatic rings. The number of rotatable bonds is 5. The lowest BCUT2D eigenvalue weighted by Gasteiger charge is -2.32. The molecule has 0 saturated carbocycles. The molecule has 0 aliphatic carbocycles. The fourth-order valence-corrected chi connectivity index (χ4v) is 4.86. The molecule has 26 heavy (non-hydrogen) atoms. The highest BCUT2D eigenvalue weighted by Gasteiger charge is 2.31. The van der Waals surface area contributed by atoms with E-state index in [0.29, 0.717) is 37.6 Å². The third kappa shape index (κ3) is 4.15. The number of aliphatic hydroxyl groups excluding tert-OH is 1. The van der Waals surface area contributed by atoms with Crippen LogP contribution in [-0.4, -0.2) is 50.6 Å². The molecule has 1 saturated heterocycles. The van der Waals surface area contributed by atoms with Crippen LogP contribution in [0.15, 0.2) is 53.4 Å². The topological polar surface area (TPSA) is 62.0 Å². The fourth-order valence-electron chi connectivity index (χ4n) is 3.34. The first-order valence-corrected chi connectivity index (χ1v) is 10.5. The maximum Gasteiger partial charge on any atom is 0.243 e. The second-order valence-electron chi connectivity index (χ2n) is 7.03. The van der Waals surface area contributed by atoms with Gasteiger partial charge in [-0.05, 0) is 42.7 Å². The van der Waals surface area contributed by atoms with E-state index in [2.05, 4.69) is 0 Å². The van der Waals surface area contributed by atoms with Gasteiger partial charge in [0.15, 0.2) is 0 Å². The molecule has 1 fully saturated rings. The molecule has 0 unspecified atom stereocenters. The number of hydrogen-bond donors (Lipinski definition) is 2. The van der Waals surface area contributed by atoms with Crippen LogP contribution in [0.2, 0.25) is 0 Å². The Morgan fingerprint density at radius 2 is 1.69 bits per heavy atom. The van der Waals surface area contributed by atoms with Gasteiger partial charge >= 0.3 is 0 Å². The van der Waals surface area contributed by atoms with Crippen LogP contribution in [0.25, 0.3) is 0 Å². The zero-order valence-corrected chi connectivity index (χ0v) is 16.2. The number of nitrogens with zero attached hydrogens (tertiary/aromatic N) is 1. The minimum absolute atomic E-state index is 0.369. The average Bonchev–Trinajstić information content (AvgIpc) is 2.65. The van der Waals surface area contributed by atoms with Crippen molar-refractivity contribution in [3.8, 4) is 0 Å². The molecular formula is C20H27N2O3S+. The Hall–Kier alpha value is -1.73. The number of aliphatic hydroxyl groups is 1. The van der Waals surface area contributed by atoms with Crippen LogP contribution < -0.4 is 4.90 Å². The molecule has 0 amide bonds. The molecule has 0 aromatic heterocycles. The van der Waals surface area contributed by atoms with E-state index in [1.807, 2.05) is 50.2 Å². The van der Waals surface area contributed by atoms with Gasteiger partial charge in [0.25, 0.3) is 0 Å². The highest BCUT2D eigenvalue weighted by molar-refractivity contribution is 7.89. The van der Waals surface area contributed by atoms with Crippen LogP contribution in [0, 0.1) is 13.8 Å². The minimum Gasteiger partial charge on any atom is -0.382 e. The molecule has 6 heteroatoms. The molecule has 0 bridgehead atoms. The van der Waals surface area contributed by atoms with Gasteiger partial charge in [-0.3, -0.25) is 0 Å². The second kappa shape index (κ2) is 7.88. The second-order valence-corrected chi connectivity index (χ2v) is 8.97. The molecule has 2 N–H and O–H groups in total. The molecule has 1 heterocycles. The largest absolute Gasteiger partial charge is 0.382 e. The van der Waals surface area contributed by atoms with Gasteiger partial charge in [0.2, 0.25) is 10.0 Å². The fraction of sp³-hybridized carbons (Fsp3) is 0.400. The molecule has 1 aliphatic rings. The van der Waals surface area contributed by atoms with Crippen molar-refractivity contribution in [1.82, 2.24) is 4.31 Å². The molecule has 0 spiro atoms. The van der Waals surface area contributed by atoms with Gasteiger partial charge in [0, 0.05) is 0 Å². The van der Waals surface area contributed by atoms with Crippen LogP contribution >= 0.6 is 0 Å². The van der Waals surface area contributed by atoms with Gasteiger partial charge in [-0.15, -0.1) is 0 Å². The Bertz CT molecular complexity index is 845. The molecule has 5 nitrogen and oxygen atoms in total. The first kappa shape index (κ1) is 19.0. The zero-order valence-electron chi connectivity index (χ0n) is 15.4. The normalized spacial score (nSPS) is 18.0. The third-order valence-electron chi connectivity index (χ3n) is 5.21. The van der Waals surface area contributed by atoms with E-state index >= 15 is 0 Å². The molecule has 3 rings (SSSR count). The summed E-state index contributed by atoms with van der Waals surface area (Å²) >= 11 is 0. The van der Waals surface area contributed by atoms with Crippen LogP contribution in [-0.2, 0) is 10.0 Å². The number of piperazine rings is 1. The predicted molar refractivity (Wildman–Crippen MR) is 102 cm³/mol. The summed E-state index contributed by atoms with van der Waals surface area (Å²) in [6, 6.07) is 14.9. The van der Waals surface area contributed by atoms with Gasteiger partial charge in [-0.25, -0.2) is 8.42 Å². The third-order valence-corrected chi connectivity index (χ3v) is 7.11. The Kier molecular flexibility index (Phi) is 5.77. The molecule has 0 radical (unpaired) electrons. The summed E-state index contributed by atoms with van der Waals surface area (Å²) in [7, 11) is -3.45. The number of sulfonamides is 1. The Morgan fingerprint density at radius 3 is 2.31 bits per heavy atom. The Labute approximate surface area is 155 Å². The number of quaternary nitrogens is 1. The SMILES string of the molecule is Cc1ccc(S(=O)(=O)N2CC[NH+](C[C@H](O)c3ccccc3)CC2)cc1C. The smallest absolute Gasteiger partial charge is 0.243 e. The predicted octanol–water partition coefficient (Wildman–Crippen LogP) is 0.926. The first-order chi connectivity index (χ1) is 12.4. The van der Waals surface area contributed by atoms with Crippen LogP contribution in [0.3, 0.4) is 0 Å². The maximum atomic E-state index is 12.9. The summed E-state index contributed by atoms with van der Waals surface area (Å²) in [4.78, 5) is 1.60. The highest BCUT2D eigenvalue weighted by Crippen LogP contribution is 2.19. The summed E-state index contributed by atoms with van der Waals surface area (Å²) in [5, 5.41) is 10.4. The Balaban J connectivity index is 1.61. The maximum absolute atomic E-state index is 12.9. The summed E-state index contributed by atoms with van der Waals surface area (Å²) in [6.07, 6.45) is -0.519. The van der Waals surface area contributed by atoms with Gasteiger partial charge in [-0.1, -0.05) is 36.4 Å². The molecular weight excluding hydrogens is 348 g/mol. The lowest BCUT2D eigenvalue weighted by atomic mass is 10.1. The van der Waals surface area contributed by atoms with Crippen LogP contribution in [0.5, 0.6) is 0 Å². The van der Waals surface area contributed by atoms with Crippen molar-refractivity contribution in [2.75, 3.05) is 32.7 Å². The lowest BCUT2D eigenvalue weighted by Crippen LogP contribution is -3.15. The van der Waals surface area contributed by atoms with Gasteiger partial charge in [-0.2, -0.15) is 4.31 Å². The van der Waals surface area contributed by atoms with Crippen molar-refractivity contribution in [3.63, 3.8) is 0 Å². The van der Waals surface area contributed by atoms with E-state index in [1.165, 1.54) is 4.90 Å². The average molecular weight is 376 g/mol. The number of benzene rings is 2. The van der Waals surface area contributed by atoms with Crippen molar-refractivity contribution in [1.29, 1.82) is 0 Å². The lowest BCUT2D eigenvalue weighted by molar-refractivity contribution is -0.907. The van der Waals surface area contributed by atoms with Gasteiger partial charge in [0.1, 0.15) is 12.6 Å². The highest BCUT2D eigenvalue weighted by atomic mass is 32.2. The minimum atomic E-state index is -3.45. The molecule has 1 aliphatic heterocycles. The Morgan fingerprint density at radius 1 is 1.04 bits per heavy atom. The van der Waals surface area contributed by atoms with E-state index in [9.17, 15) is 13.5 Å². The number of aryl methyl sites for hydroxylation is 2. The van der Waals surface area contributed by atoms with Crippen molar-refractivity contribution < 1.29 is 18.4 Å². The zero-order chi connectivity index (χ0) is 18.7. The van der Waals surface area contributed by atoms with Crippen molar-refractivity contribution in [2.24, 2.45) is 0 Å². The van der Waals surface area contributed by atoms with Gasteiger partial charge in [0.05, 0.1) is 31.1 Å². The number of hydrogen-bond acceptors (Lipinski definition) is 3. The first-order valence-electron chi connectivity index (χ1n) is 9.02. The summed E-state index contributed by atoms with van der Waals surface area (Å²) < 4.78 is 27.3. The summed E-state index contributed by atoms with van der Waals surface area (Å²) in [6.45, 7) is 6.87. The van der Waals surface area contributed by atoms with E-state index in [1.54, 1.807) is 16.4 Å². The van der Waals surface area contributed by atoms with E-state index in [-0.39, 0.29) is 0 Å². The summed E-state index contributed by atoms with van der Waals surface area (Å²) in [5.41, 5.74) is 2.99. The molecule has 2 aromatic carbocycles. The van der Waals surface area contributed by atoms with Crippen LogP contribution in [0.4, 0.5) is 0 Å². The van der Waals surface area contributed by atoms with Crippen molar-refractivity contribution in [3.05, 3.63) is 65.2 Å². The molecule has 140 valence electrons. The quantitative estimate of drug-likeness (QED) is 0.817. The summed E-state index contributed by atoms with van der Waals surface area (Å²) in [5.74, 6) is 0. The van der Waals surface area contributed by atoms with Crippen LogP contribution in [0.1, 0.15) is 22.8 Å². The monoisotopic (exact) mass is 375 g/mol. The van der Waals surface area contributed by atoms with E-state index in [4.69, 9.17) is 0 Å². The number of nitrogens with one attached hydrogen (secondary N) is 1. The van der Waals surface area contributed by atoms with Crippen molar-refractivity contribution >= 4 is 10.0 Å². The standard InChI is InChI=1S/C20H26N2O3S/c1-16-8-9-19(14-17(16)2)26(24,25)22-12-10-21(11-13-22)15-20(23)18-6-4-3-5-7-18/h3-9,14,20,23H,10-13,15H2,1-2H3/p+1/t20-/m0/s1. The van der Waals surface area contributed by atoms with Crippen molar-refractivity contribution in [2.45, 2.75) is 24.8 Å². The van der Waals surface area contributed by atoms with Gasteiger partial charge < -0.3 is 10.0 Å².